The Labute approximate surface area is 80.0 Å². The third-order valence-electron chi connectivity index (χ3n) is 2.61. The Kier molecular flexibility index (Phi) is 1.99. The number of hydrogen-bond donors (Lipinski definition) is 1. The molecule has 0 aliphatic carbocycles. The van der Waals surface area contributed by atoms with Gasteiger partial charge in [-0.05, 0) is 18.7 Å². The molecule has 14 heavy (non-hydrogen) atoms. The van der Waals surface area contributed by atoms with E-state index in [4.69, 9.17) is 4.74 Å². The molecule has 2 aliphatic heterocycles. The van der Waals surface area contributed by atoms with E-state index in [1.165, 1.54) is 0 Å². The highest BCUT2D eigenvalue weighted by atomic mass is 16.5. The Bertz CT molecular complexity index is 317. The Balaban J connectivity index is 2.35. The third-order valence-corrected chi connectivity index (χ3v) is 2.61. The molecular formula is C8H9N2O4-. The van der Waals surface area contributed by atoms with E-state index in [1.807, 2.05) is 5.32 Å². The fourth-order valence-corrected chi connectivity index (χ4v) is 1.70. The van der Waals surface area contributed by atoms with Gasteiger partial charge < -0.3 is 9.84 Å². The number of urea groups is 1. The van der Waals surface area contributed by atoms with Crippen molar-refractivity contribution in [1.29, 1.82) is 0 Å². The second-order valence-electron chi connectivity index (χ2n) is 3.37. The summed E-state index contributed by atoms with van der Waals surface area (Å²) in [6.45, 7) is 0.700. The quantitative estimate of drug-likeness (QED) is 0.527. The van der Waals surface area contributed by atoms with Gasteiger partial charge in [0, 0.05) is 13.2 Å². The minimum absolute atomic E-state index is 0.300. The molecule has 0 radical (unpaired) electrons. The Morgan fingerprint density at radius 3 is 2.57 bits per heavy atom. The first kappa shape index (κ1) is 9.14. The van der Waals surface area contributed by atoms with Crippen LogP contribution in [0.25, 0.3) is 0 Å². The summed E-state index contributed by atoms with van der Waals surface area (Å²) in [6, 6.07) is -0.864. The molecule has 2 aliphatic rings. The van der Waals surface area contributed by atoms with Crippen LogP contribution in [0, 0.1) is 5.41 Å². The molecule has 0 bridgehead atoms. The van der Waals surface area contributed by atoms with Crippen LogP contribution < -0.4 is 10.4 Å². The predicted octanol–water partition coefficient (Wildman–Crippen LogP) is -1.21. The molecule has 2 rings (SSSR count). The molecule has 1 saturated heterocycles. The summed E-state index contributed by atoms with van der Waals surface area (Å²) in [5, 5.41) is 13.5. The van der Waals surface area contributed by atoms with Crippen molar-refractivity contribution in [3.8, 4) is 0 Å². The summed E-state index contributed by atoms with van der Waals surface area (Å²) in [6.07, 6.45) is 0.600. The van der Waals surface area contributed by atoms with Crippen LogP contribution >= 0.6 is 0 Å². The van der Waals surface area contributed by atoms with E-state index in [0.717, 1.165) is 0 Å². The second kappa shape index (κ2) is 3.06. The maximum Gasteiger partial charge on any atom is 0.346 e. The third kappa shape index (κ3) is 1.19. The largest absolute Gasteiger partial charge is 0.861 e. The zero-order chi connectivity index (χ0) is 10.2. The van der Waals surface area contributed by atoms with Gasteiger partial charge in [0.15, 0.2) is 0 Å². The highest BCUT2D eigenvalue weighted by Crippen LogP contribution is 2.32. The van der Waals surface area contributed by atoms with Crippen LogP contribution in [-0.4, -0.2) is 31.0 Å². The number of amides is 3. The van der Waals surface area contributed by atoms with Crippen LogP contribution in [0.4, 0.5) is 4.79 Å². The van der Waals surface area contributed by atoms with Crippen molar-refractivity contribution in [1.82, 2.24) is 5.32 Å². The van der Waals surface area contributed by atoms with Crippen LogP contribution in [0.1, 0.15) is 12.8 Å². The lowest BCUT2D eigenvalue weighted by atomic mass is 9.78. The van der Waals surface area contributed by atoms with Gasteiger partial charge in [-0.2, -0.15) is 0 Å². The number of carbonyl (C=O) groups is 2. The van der Waals surface area contributed by atoms with Gasteiger partial charge >= 0.3 is 6.03 Å². The molecule has 6 nitrogen and oxygen atoms in total. The zero-order valence-corrected chi connectivity index (χ0v) is 7.41. The topological polar surface area (TPSA) is 90.8 Å². The number of ether oxygens (including phenoxy) is 1. The molecule has 2 heterocycles. The first-order chi connectivity index (χ1) is 6.65. The maximum atomic E-state index is 11.5. The summed E-state index contributed by atoms with van der Waals surface area (Å²) >= 11 is 0. The molecule has 0 saturated carbocycles. The van der Waals surface area contributed by atoms with Crippen molar-refractivity contribution in [3.05, 3.63) is 0 Å². The van der Waals surface area contributed by atoms with Gasteiger partial charge in [-0.3, -0.25) is 10.1 Å². The summed E-state index contributed by atoms with van der Waals surface area (Å²) in [5.41, 5.74) is -1.15. The van der Waals surface area contributed by atoms with Crippen molar-refractivity contribution in [2.24, 2.45) is 10.4 Å². The van der Waals surface area contributed by atoms with Crippen LogP contribution in [0.15, 0.2) is 4.99 Å². The number of imide groups is 1. The van der Waals surface area contributed by atoms with Gasteiger partial charge in [0.25, 0.3) is 0 Å². The molecule has 0 aromatic rings. The average molecular weight is 197 g/mol. The van der Waals surface area contributed by atoms with Gasteiger partial charge in [0.05, 0.1) is 5.41 Å². The van der Waals surface area contributed by atoms with Crippen LogP contribution in [0.5, 0.6) is 0 Å². The average Bonchev–Trinajstić information content (AvgIpc) is 2.16. The highest BCUT2D eigenvalue weighted by Gasteiger charge is 2.43. The molecule has 3 amide bonds. The van der Waals surface area contributed by atoms with Crippen LogP contribution in [-0.2, 0) is 9.53 Å². The Hall–Kier alpha value is -1.43. The lowest BCUT2D eigenvalue weighted by Crippen LogP contribution is -2.58. The summed E-state index contributed by atoms with van der Waals surface area (Å²) in [4.78, 5) is 25.5. The molecule has 0 atom stereocenters. The first-order valence-corrected chi connectivity index (χ1v) is 4.34. The van der Waals surface area contributed by atoms with E-state index in [-0.39, 0.29) is 0 Å². The fraction of sp³-hybridized carbons (Fsp3) is 0.625. The predicted molar refractivity (Wildman–Crippen MR) is 43.5 cm³/mol. The van der Waals surface area contributed by atoms with E-state index in [9.17, 15) is 14.7 Å². The number of nitrogens with one attached hydrogen (secondary N) is 1. The lowest BCUT2D eigenvalue weighted by molar-refractivity contribution is -0.234. The van der Waals surface area contributed by atoms with Crippen molar-refractivity contribution < 1.29 is 19.4 Å². The zero-order valence-electron chi connectivity index (χ0n) is 7.41. The monoisotopic (exact) mass is 197 g/mol. The molecular weight excluding hydrogens is 188 g/mol. The maximum absolute atomic E-state index is 11.5. The molecule has 1 N–H and O–H groups in total. The standard InChI is InChI=1S/C8H10N2O4/c11-5-8(1-3-14-4-2-8)6(12)10-7(13)9-5/h1-4H2,(H2,9,10,11,12,13)/p-1. The fourth-order valence-electron chi connectivity index (χ4n) is 1.70. The minimum atomic E-state index is -1.15. The van der Waals surface area contributed by atoms with Crippen molar-refractivity contribution >= 4 is 17.8 Å². The normalized spacial score (nSPS) is 25.9. The van der Waals surface area contributed by atoms with Crippen molar-refractivity contribution in [2.45, 2.75) is 12.8 Å². The first-order valence-electron chi connectivity index (χ1n) is 4.34. The van der Waals surface area contributed by atoms with Gasteiger partial charge in [0.1, 0.15) is 0 Å². The van der Waals surface area contributed by atoms with Gasteiger partial charge in [-0.25, -0.2) is 9.79 Å². The van der Waals surface area contributed by atoms with Crippen molar-refractivity contribution in [3.63, 3.8) is 0 Å². The Morgan fingerprint density at radius 2 is 2.00 bits per heavy atom. The molecule has 1 fully saturated rings. The Morgan fingerprint density at radius 1 is 1.36 bits per heavy atom. The second-order valence-corrected chi connectivity index (χ2v) is 3.37. The van der Waals surface area contributed by atoms with Crippen LogP contribution in [0.3, 0.4) is 0 Å². The number of hydrogen-bond acceptors (Lipinski definition) is 4. The summed E-state index contributed by atoms with van der Waals surface area (Å²) in [5.74, 6) is -1.17. The van der Waals surface area contributed by atoms with Gasteiger partial charge in [0.2, 0.25) is 5.91 Å². The SMILES string of the molecule is O=C1N=C([O-])C2(CCOCC2)C(=O)N1. The van der Waals surface area contributed by atoms with E-state index in [1.54, 1.807) is 0 Å². The van der Waals surface area contributed by atoms with E-state index >= 15 is 0 Å². The smallest absolute Gasteiger partial charge is 0.346 e. The van der Waals surface area contributed by atoms with Crippen LogP contribution in [0.2, 0.25) is 0 Å². The lowest BCUT2D eigenvalue weighted by Gasteiger charge is -2.40. The molecule has 1 spiro atoms. The molecule has 0 aromatic carbocycles. The van der Waals surface area contributed by atoms with E-state index < -0.39 is 23.3 Å². The van der Waals surface area contributed by atoms with E-state index in [2.05, 4.69) is 4.99 Å². The van der Waals surface area contributed by atoms with Gasteiger partial charge in [-0.1, -0.05) is 0 Å². The number of carbonyl (C=O) groups excluding carboxylic acids is 2. The van der Waals surface area contributed by atoms with Crippen molar-refractivity contribution in [2.75, 3.05) is 13.2 Å². The number of nitrogens with zero attached hydrogens (tertiary/aromatic N) is 1. The van der Waals surface area contributed by atoms with Gasteiger partial charge in [-0.15, -0.1) is 0 Å². The molecule has 0 aromatic heterocycles. The molecule has 6 heteroatoms. The summed E-state index contributed by atoms with van der Waals surface area (Å²) in [7, 11) is 0. The number of rotatable bonds is 0. The molecule has 76 valence electrons. The highest BCUT2D eigenvalue weighted by molar-refractivity contribution is 6.15. The summed E-state index contributed by atoms with van der Waals surface area (Å²) < 4.78 is 5.06. The minimum Gasteiger partial charge on any atom is -0.861 e. The molecule has 0 unspecified atom stereocenters. The number of aliphatic imine (C=N–C) groups is 1. The van der Waals surface area contributed by atoms with E-state index in [0.29, 0.717) is 26.1 Å².